The molecule has 20 heavy (non-hydrogen) atoms. The Morgan fingerprint density at radius 3 is 2.50 bits per heavy atom. The fraction of sp³-hybridized carbons (Fsp3) is 0.188. The maximum absolute atomic E-state index is 12.0. The Labute approximate surface area is 127 Å². The van der Waals surface area contributed by atoms with Gasteiger partial charge in [-0.2, -0.15) is 0 Å². The van der Waals surface area contributed by atoms with Gasteiger partial charge in [0.25, 0.3) is 0 Å². The second kappa shape index (κ2) is 5.67. The van der Waals surface area contributed by atoms with Gasteiger partial charge in [-0.3, -0.25) is 4.79 Å². The van der Waals surface area contributed by atoms with Crippen LogP contribution in [0.15, 0.2) is 53.0 Å². The maximum Gasteiger partial charge on any atom is 0.247 e. The molecule has 3 N–H and O–H groups in total. The fourth-order valence-electron chi connectivity index (χ4n) is 2.06. The zero-order valence-electron chi connectivity index (χ0n) is 11.5. The Kier molecular flexibility index (Phi) is 4.14. The molecule has 0 aliphatic rings. The highest BCUT2D eigenvalue weighted by molar-refractivity contribution is 9.10. The van der Waals surface area contributed by atoms with E-state index in [9.17, 15) is 4.79 Å². The number of nitrogens with two attached hydrogens (primary N) is 1. The SMILES string of the molecule is Cc1ccccc1NC(C)(C(N)=O)c1cccc(Br)c1. The zero-order valence-corrected chi connectivity index (χ0v) is 13.1. The van der Waals surface area contributed by atoms with Gasteiger partial charge >= 0.3 is 0 Å². The number of aryl methyl sites for hydroxylation is 1. The first kappa shape index (κ1) is 14.6. The van der Waals surface area contributed by atoms with Crippen LogP contribution in [0.5, 0.6) is 0 Å². The number of benzene rings is 2. The number of amides is 1. The van der Waals surface area contributed by atoms with Crippen molar-refractivity contribution in [2.45, 2.75) is 19.4 Å². The highest BCUT2D eigenvalue weighted by atomic mass is 79.9. The largest absolute Gasteiger partial charge is 0.368 e. The zero-order chi connectivity index (χ0) is 14.8. The molecule has 3 nitrogen and oxygen atoms in total. The molecular weight excluding hydrogens is 316 g/mol. The summed E-state index contributed by atoms with van der Waals surface area (Å²) in [4.78, 5) is 12.0. The van der Waals surface area contributed by atoms with Crippen LogP contribution in [0.2, 0.25) is 0 Å². The number of rotatable bonds is 4. The van der Waals surface area contributed by atoms with Gasteiger partial charge < -0.3 is 11.1 Å². The first-order valence-corrected chi connectivity index (χ1v) is 7.12. The van der Waals surface area contributed by atoms with Crippen LogP contribution in [-0.2, 0) is 10.3 Å². The molecule has 1 atom stereocenters. The summed E-state index contributed by atoms with van der Waals surface area (Å²) in [7, 11) is 0. The van der Waals surface area contributed by atoms with Crippen molar-refractivity contribution in [1.82, 2.24) is 0 Å². The summed E-state index contributed by atoms with van der Waals surface area (Å²) < 4.78 is 0.911. The first-order chi connectivity index (χ1) is 9.43. The number of hydrogen-bond donors (Lipinski definition) is 2. The number of hydrogen-bond acceptors (Lipinski definition) is 2. The van der Waals surface area contributed by atoms with E-state index in [-0.39, 0.29) is 0 Å². The van der Waals surface area contributed by atoms with Gasteiger partial charge in [-0.15, -0.1) is 0 Å². The summed E-state index contributed by atoms with van der Waals surface area (Å²) in [5, 5.41) is 3.27. The molecule has 2 aromatic carbocycles. The Morgan fingerprint density at radius 2 is 1.90 bits per heavy atom. The van der Waals surface area contributed by atoms with E-state index in [0.29, 0.717) is 0 Å². The van der Waals surface area contributed by atoms with Crippen molar-refractivity contribution in [3.8, 4) is 0 Å². The van der Waals surface area contributed by atoms with E-state index in [1.165, 1.54) is 0 Å². The highest BCUT2D eigenvalue weighted by Gasteiger charge is 2.33. The predicted molar refractivity (Wildman–Crippen MR) is 85.5 cm³/mol. The van der Waals surface area contributed by atoms with Crippen molar-refractivity contribution in [1.29, 1.82) is 0 Å². The molecule has 0 saturated heterocycles. The van der Waals surface area contributed by atoms with Crippen LogP contribution < -0.4 is 11.1 Å². The lowest BCUT2D eigenvalue weighted by atomic mass is 9.90. The minimum atomic E-state index is -0.962. The molecule has 0 fully saturated rings. The van der Waals surface area contributed by atoms with Crippen LogP contribution in [0, 0.1) is 6.92 Å². The second-order valence-electron chi connectivity index (χ2n) is 4.94. The normalized spacial score (nSPS) is 13.6. The predicted octanol–water partition coefficient (Wildman–Crippen LogP) is 3.57. The van der Waals surface area contributed by atoms with E-state index in [1.54, 1.807) is 6.92 Å². The third-order valence-electron chi connectivity index (χ3n) is 3.42. The average molecular weight is 333 g/mol. The third kappa shape index (κ3) is 2.85. The number of nitrogens with one attached hydrogen (secondary N) is 1. The van der Waals surface area contributed by atoms with E-state index in [4.69, 9.17) is 5.73 Å². The van der Waals surface area contributed by atoms with E-state index in [2.05, 4.69) is 21.2 Å². The Bertz CT molecular complexity index is 642. The van der Waals surface area contributed by atoms with Crippen LogP contribution in [-0.4, -0.2) is 5.91 Å². The molecule has 2 rings (SSSR count). The molecule has 1 amide bonds. The lowest BCUT2D eigenvalue weighted by Gasteiger charge is -2.30. The van der Waals surface area contributed by atoms with Crippen molar-refractivity contribution < 1.29 is 4.79 Å². The van der Waals surface area contributed by atoms with Gasteiger partial charge in [-0.1, -0.05) is 46.3 Å². The molecule has 0 bridgehead atoms. The molecule has 0 saturated carbocycles. The number of para-hydroxylation sites is 1. The molecule has 0 aliphatic carbocycles. The van der Waals surface area contributed by atoms with Crippen molar-refractivity contribution in [2.24, 2.45) is 5.73 Å². The van der Waals surface area contributed by atoms with Crippen molar-refractivity contribution in [3.63, 3.8) is 0 Å². The van der Waals surface area contributed by atoms with Crippen molar-refractivity contribution in [3.05, 3.63) is 64.1 Å². The van der Waals surface area contributed by atoms with Crippen LogP contribution in [0.3, 0.4) is 0 Å². The average Bonchev–Trinajstić information content (AvgIpc) is 2.41. The van der Waals surface area contributed by atoms with Gasteiger partial charge in [0, 0.05) is 10.2 Å². The molecule has 4 heteroatoms. The van der Waals surface area contributed by atoms with E-state index >= 15 is 0 Å². The van der Waals surface area contributed by atoms with Crippen molar-refractivity contribution >= 4 is 27.5 Å². The van der Waals surface area contributed by atoms with Gasteiger partial charge in [0.1, 0.15) is 5.54 Å². The number of carbonyl (C=O) groups excluding carboxylic acids is 1. The quantitative estimate of drug-likeness (QED) is 0.899. The fourth-order valence-corrected chi connectivity index (χ4v) is 2.46. The van der Waals surface area contributed by atoms with Crippen molar-refractivity contribution in [2.75, 3.05) is 5.32 Å². The van der Waals surface area contributed by atoms with Gasteiger partial charge in [0.05, 0.1) is 0 Å². The summed E-state index contributed by atoms with van der Waals surface area (Å²) >= 11 is 3.42. The smallest absolute Gasteiger partial charge is 0.247 e. The Morgan fingerprint density at radius 1 is 1.20 bits per heavy atom. The van der Waals surface area contributed by atoms with Gasteiger partial charge in [0.15, 0.2) is 0 Å². The molecule has 0 heterocycles. The monoisotopic (exact) mass is 332 g/mol. The summed E-state index contributed by atoms with van der Waals surface area (Å²) in [6, 6.07) is 15.4. The summed E-state index contributed by atoms with van der Waals surface area (Å²) in [6.45, 7) is 3.79. The van der Waals surface area contributed by atoms with Gasteiger partial charge in [-0.25, -0.2) is 0 Å². The van der Waals surface area contributed by atoms with E-state index in [1.807, 2.05) is 55.5 Å². The molecule has 104 valence electrons. The number of halogens is 1. The van der Waals surface area contributed by atoms with Gasteiger partial charge in [-0.05, 0) is 43.2 Å². The van der Waals surface area contributed by atoms with Crippen LogP contribution in [0.1, 0.15) is 18.1 Å². The Balaban J connectivity index is 2.46. The number of anilines is 1. The topological polar surface area (TPSA) is 55.1 Å². The van der Waals surface area contributed by atoms with E-state index < -0.39 is 11.4 Å². The first-order valence-electron chi connectivity index (χ1n) is 6.33. The van der Waals surface area contributed by atoms with Gasteiger partial charge in [0.2, 0.25) is 5.91 Å². The molecule has 0 spiro atoms. The number of primary amides is 1. The van der Waals surface area contributed by atoms with Crippen LogP contribution in [0.25, 0.3) is 0 Å². The molecule has 2 aromatic rings. The molecule has 0 aromatic heterocycles. The van der Waals surface area contributed by atoms with Crippen LogP contribution in [0.4, 0.5) is 5.69 Å². The lowest BCUT2D eigenvalue weighted by molar-refractivity contribution is -0.122. The molecular formula is C16H17BrN2O. The lowest BCUT2D eigenvalue weighted by Crippen LogP contribution is -2.45. The molecule has 1 unspecified atom stereocenters. The maximum atomic E-state index is 12.0. The number of carbonyl (C=O) groups is 1. The minimum absolute atomic E-state index is 0.418. The highest BCUT2D eigenvalue weighted by Crippen LogP contribution is 2.29. The Hall–Kier alpha value is -1.81. The van der Waals surface area contributed by atoms with E-state index in [0.717, 1.165) is 21.3 Å². The standard InChI is InChI=1S/C16H17BrN2O/c1-11-6-3-4-9-14(11)19-16(2,15(18)20)12-7-5-8-13(17)10-12/h3-10,19H,1-2H3,(H2,18,20). The second-order valence-corrected chi connectivity index (χ2v) is 5.86. The summed E-state index contributed by atoms with van der Waals surface area (Å²) in [6.07, 6.45) is 0. The minimum Gasteiger partial charge on any atom is -0.368 e. The van der Waals surface area contributed by atoms with Crippen LogP contribution >= 0.6 is 15.9 Å². The molecule has 0 radical (unpaired) electrons. The summed E-state index contributed by atoms with van der Waals surface area (Å²) in [5.74, 6) is -0.418. The molecule has 0 aliphatic heterocycles. The third-order valence-corrected chi connectivity index (χ3v) is 3.92. The summed E-state index contributed by atoms with van der Waals surface area (Å²) in [5.41, 5.74) is 7.46.